The highest BCUT2D eigenvalue weighted by Crippen LogP contribution is 2.31. The number of esters is 1. The lowest BCUT2D eigenvalue weighted by Crippen LogP contribution is -2.33. The molecule has 2 N–H and O–H groups in total. The Bertz CT molecular complexity index is 631. The predicted octanol–water partition coefficient (Wildman–Crippen LogP) is 1.99. The molecule has 1 aromatic rings. The first kappa shape index (κ1) is 17.3. The third-order valence-electron chi connectivity index (χ3n) is 3.11. The summed E-state index contributed by atoms with van der Waals surface area (Å²) in [5, 5.41) is 8.42. The molecule has 1 aromatic carbocycles. The minimum atomic E-state index is -3.99. The molecule has 6 nitrogen and oxygen atoms in total. The van der Waals surface area contributed by atoms with Crippen molar-refractivity contribution in [2.24, 2.45) is 0 Å². The fraction of sp³-hybridized carbons (Fsp3) is 0.500. The van der Waals surface area contributed by atoms with Crippen LogP contribution in [0.4, 0.5) is 5.69 Å². The van der Waals surface area contributed by atoms with Crippen LogP contribution in [0.2, 0.25) is 0 Å². The number of carbonyl (C=O) groups is 1. The maximum Gasteiger partial charge on any atom is 0.325 e. The van der Waals surface area contributed by atoms with Crippen LogP contribution in [0, 0.1) is 0 Å². The molecule has 1 atom stereocenters. The minimum absolute atomic E-state index is 0.0400. The van der Waals surface area contributed by atoms with Crippen LogP contribution in [0.1, 0.15) is 33.3 Å². The van der Waals surface area contributed by atoms with Gasteiger partial charge in [-0.3, -0.25) is 9.52 Å². The molecule has 0 aliphatic heterocycles. The second-order valence-corrected chi connectivity index (χ2v) is 7.80. The Labute approximate surface area is 125 Å². The summed E-state index contributed by atoms with van der Waals surface area (Å²) in [6.07, 6.45) is 0. The van der Waals surface area contributed by atoms with Gasteiger partial charge in [-0.15, -0.1) is 0 Å². The fourth-order valence-electron chi connectivity index (χ4n) is 1.62. The lowest BCUT2D eigenvalue weighted by Gasteiger charge is -2.21. The Hall–Kier alpha value is -1.76. The molecule has 1 unspecified atom stereocenters. The Balaban J connectivity index is 3.16. The number of phenols is 1. The van der Waals surface area contributed by atoms with E-state index in [2.05, 4.69) is 9.46 Å². The maximum atomic E-state index is 12.1. The summed E-state index contributed by atoms with van der Waals surface area (Å²) in [5.74, 6) is -1.07. The van der Waals surface area contributed by atoms with Crippen molar-refractivity contribution in [1.82, 2.24) is 0 Å². The van der Waals surface area contributed by atoms with Gasteiger partial charge in [0, 0.05) is 0 Å². The second-order valence-electron chi connectivity index (χ2n) is 5.79. The highest BCUT2D eigenvalue weighted by Gasteiger charge is 2.30. The summed E-state index contributed by atoms with van der Waals surface area (Å²) in [6, 6.07) is 4.69. The van der Waals surface area contributed by atoms with Gasteiger partial charge in [0.05, 0.1) is 12.8 Å². The molecular formula is C14H21NO5S. The third kappa shape index (κ3) is 4.10. The van der Waals surface area contributed by atoms with Crippen LogP contribution in [0.5, 0.6) is 5.75 Å². The van der Waals surface area contributed by atoms with E-state index >= 15 is 0 Å². The zero-order valence-corrected chi connectivity index (χ0v) is 13.6. The molecule has 0 bridgehead atoms. The van der Waals surface area contributed by atoms with E-state index in [-0.39, 0.29) is 16.9 Å². The van der Waals surface area contributed by atoms with E-state index in [4.69, 9.17) is 0 Å². The summed E-state index contributed by atoms with van der Waals surface area (Å²) >= 11 is 0. The molecule has 0 saturated heterocycles. The van der Waals surface area contributed by atoms with Crippen molar-refractivity contribution in [1.29, 1.82) is 0 Å². The maximum absolute atomic E-state index is 12.1. The van der Waals surface area contributed by atoms with Crippen LogP contribution < -0.4 is 4.72 Å². The summed E-state index contributed by atoms with van der Waals surface area (Å²) < 4.78 is 30.8. The highest BCUT2D eigenvalue weighted by molar-refractivity contribution is 7.94. The normalized spacial score (nSPS) is 13.6. The van der Waals surface area contributed by atoms with Crippen molar-refractivity contribution in [3.05, 3.63) is 23.8 Å². The van der Waals surface area contributed by atoms with Crippen LogP contribution in [0.25, 0.3) is 0 Å². The number of rotatable bonds is 4. The molecule has 0 fully saturated rings. The number of carbonyl (C=O) groups excluding carboxylic acids is 1. The number of hydrogen-bond acceptors (Lipinski definition) is 5. The first-order valence-corrected chi connectivity index (χ1v) is 7.96. The molecule has 0 spiro atoms. The molecule has 0 saturated carbocycles. The van der Waals surface area contributed by atoms with Crippen LogP contribution in [0.15, 0.2) is 18.2 Å². The smallest absolute Gasteiger partial charge is 0.325 e. The molecule has 0 aromatic heterocycles. The van der Waals surface area contributed by atoms with Crippen LogP contribution in [0.3, 0.4) is 0 Å². The molecule has 1 rings (SSSR count). The van der Waals surface area contributed by atoms with E-state index in [0.717, 1.165) is 12.7 Å². The van der Waals surface area contributed by atoms with Gasteiger partial charge < -0.3 is 9.84 Å². The number of anilines is 1. The lowest BCUT2D eigenvalue weighted by atomic mass is 9.87. The molecule has 0 heterocycles. The molecule has 0 aliphatic carbocycles. The van der Waals surface area contributed by atoms with E-state index < -0.39 is 21.2 Å². The zero-order valence-electron chi connectivity index (χ0n) is 12.8. The first-order chi connectivity index (χ1) is 9.49. The summed E-state index contributed by atoms with van der Waals surface area (Å²) in [7, 11) is -2.88. The number of ether oxygens (including phenoxy) is 1. The minimum Gasteiger partial charge on any atom is -0.506 e. The summed E-state index contributed by atoms with van der Waals surface area (Å²) in [4.78, 5) is 11.4. The number of sulfonamides is 1. The summed E-state index contributed by atoms with van der Waals surface area (Å²) in [5.41, 5.74) is 0.684. The SMILES string of the molecule is COC(=O)C(C)S(=O)(=O)Nc1cc(C(C)(C)C)ccc1O. The molecule has 118 valence electrons. The lowest BCUT2D eigenvalue weighted by molar-refractivity contribution is -0.139. The van der Waals surface area contributed by atoms with E-state index in [1.807, 2.05) is 20.8 Å². The molecule has 7 heteroatoms. The quantitative estimate of drug-likeness (QED) is 0.655. The van der Waals surface area contributed by atoms with Crippen molar-refractivity contribution >= 4 is 21.7 Å². The number of phenolic OH excluding ortho intramolecular Hbond substituents is 1. The Morgan fingerprint density at radius 1 is 1.33 bits per heavy atom. The average molecular weight is 315 g/mol. The average Bonchev–Trinajstić information content (AvgIpc) is 2.37. The van der Waals surface area contributed by atoms with Crippen molar-refractivity contribution in [3.63, 3.8) is 0 Å². The van der Waals surface area contributed by atoms with Gasteiger partial charge in [-0.2, -0.15) is 0 Å². The molecule has 0 amide bonds. The number of nitrogens with one attached hydrogen (secondary N) is 1. The topological polar surface area (TPSA) is 92.7 Å². The third-order valence-corrected chi connectivity index (χ3v) is 4.74. The molecule has 21 heavy (non-hydrogen) atoms. The molecular weight excluding hydrogens is 294 g/mol. The van der Waals surface area contributed by atoms with Gasteiger partial charge >= 0.3 is 5.97 Å². The van der Waals surface area contributed by atoms with Gasteiger partial charge in [0.25, 0.3) is 0 Å². The van der Waals surface area contributed by atoms with Gasteiger partial charge in [-0.25, -0.2) is 8.42 Å². The van der Waals surface area contributed by atoms with E-state index in [9.17, 15) is 18.3 Å². The van der Waals surface area contributed by atoms with Gasteiger partial charge in [-0.1, -0.05) is 26.8 Å². The monoisotopic (exact) mass is 315 g/mol. The van der Waals surface area contributed by atoms with Crippen molar-refractivity contribution in [2.75, 3.05) is 11.8 Å². The highest BCUT2D eigenvalue weighted by atomic mass is 32.2. The number of hydrogen-bond donors (Lipinski definition) is 2. The van der Waals surface area contributed by atoms with Crippen LogP contribution >= 0.6 is 0 Å². The van der Waals surface area contributed by atoms with Crippen LogP contribution in [-0.2, 0) is 25.0 Å². The predicted molar refractivity (Wildman–Crippen MR) is 80.8 cm³/mol. The molecule has 0 radical (unpaired) electrons. The standard InChI is InChI=1S/C14H21NO5S/c1-9(13(17)20-5)21(18,19)15-11-8-10(14(2,3)4)6-7-12(11)16/h6-9,15-16H,1-5H3. The van der Waals surface area contributed by atoms with Crippen molar-refractivity contribution in [2.45, 2.75) is 38.4 Å². The largest absolute Gasteiger partial charge is 0.506 e. The number of benzene rings is 1. The van der Waals surface area contributed by atoms with E-state index in [1.165, 1.54) is 13.0 Å². The molecule has 0 aliphatic rings. The fourth-order valence-corrected chi connectivity index (χ4v) is 2.61. The second kappa shape index (κ2) is 5.93. The Kier molecular flexibility index (Phi) is 4.88. The van der Waals surface area contributed by atoms with Crippen molar-refractivity contribution < 1.29 is 23.1 Å². The first-order valence-electron chi connectivity index (χ1n) is 6.42. The summed E-state index contributed by atoms with van der Waals surface area (Å²) in [6.45, 7) is 7.12. The van der Waals surface area contributed by atoms with E-state index in [0.29, 0.717) is 0 Å². The van der Waals surface area contributed by atoms with Gasteiger partial charge in [0.1, 0.15) is 5.75 Å². The van der Waals surface area contributed by atoms with Gasteiger partial charge in [-0.05, 0) is 30.0 Å². The van der Waals surface area contributed by atoms with Gasteiger partial charge in [0.15, 0.2) is 5.25 Å². The van der Waals surface area contributed by atoms with E-state index in [1.54, 1.807) is 12.1 Å². The zero-order chi connectivity index (χ0) is 16.4. The number of aromatic hydroxyl groups is 1. The van der Waals surface area contributed by atoms with Crippen molar-refractivity contribution in [3.8, 4) is 5.75 Å². The Morgan fingerprint density at radius 2 is 1.90 bits per heavy atom. The Morgan fingerprint density at radius 3 is 2.38 bits per heavy atom. The van der Waals surface area contributed by atoms with Crippen LogP contribution in [-0.4, -0.2) is 31.9 Å². The van der Waals surface area contributed by atoms with Gasteiger partial charge in [0.2, 0.25) is 10.0 Å². The number of methoxy groups -OCH3 is 1.